The average molecular weight is 289 g/mol. The van der Waals surface area contributed by atoms with Crippen molar-refractivity contribution in [2.24, 2.45) is 5.92 Å². The fraction of sp³-hybridized carbons (Fsp3) is 0.500. The first-order valence-electron chi connectivity index (χ1n) is 5.96. The van der Waals surface area contributed by atoms with Crippen molar-refractivity contribution >= 4 is 27.3 Å². The lowest BCUT2D eigenvalue weighted by Crippen LogP contribution is -2.37. The summed E-state index contributed by atoms with van der Waals surface area (Å²) in [6.45, 7) is 3.29. The van der Waals surface area contributed by atoms with Crippen LogP contribution in [-0.4, -0.2) is 25.8 Å². The second-order valence-corrected chi connectivity index (χ2v) is 7.12. The van der Waals surface area contributed by atoms with Gasteiger partial charge >= 0.3 is 0 Å². The number of benzene rings is 1. The molecule has 1 heterocycles. The zero-order valence-electron chi connectivity index (χ0n) is 10.3. The maximum absolute atomic E-state index is 12.4. The van der Waals surface area contributed by atoms with Crippen LogP contribution in [0, 0.1) is 5.92 Å². The predicted molar refractivity (Wildman–Crippen MR) is 73.0 cm³/mol. The molecule has 1 aromatic carbocycles. The van der Waals surface area contributed by atoms with Gasteiger partial charge in [0.15, 0.2) is 0 Å². The number of sulfonamides is 1. The molecule has 0 saturated carbocycles. The maximum Gasteiger partial charge on any atom is 0.243 e. The minimum absolute atomic E-state index is 0.221. The summed E-state index contributed by atoms with van der Waals surface area (Å²) >= 11 is 5.80. The highest BCUT2D eigenvalue weighted by Gasteiger charge is 2.28. The van der Waals surface area contributed by atoms with E-state index < -0.39 is 10.0 Å². The van der Waals surface area contributed by atoms with Crippen molar-refractivity contribution in [1.82, 2.24) is 4.31 Å². The number of rotatable bonds is 2. The van der Waals surface area contributed by atoms with E-state index in [0.29, 0.717) is 29.7 Å². The third-order valence-electron chi connectivity index (χ3n) is 3.35. The molecule has 1 aliphatic heterocycles. The summed E-state index contributed by atoms with van der Waals surface area (Å²) in [7, 11) is -3.43. The number of anilines is 1. The number of hydrogen-bond donors (Lipinski definition) is 1. The van der Waals surface area contributed by atoms with Crippen LogP contribution in [0.1, 0.15) is 19.8 Å². The predicted octanol–water partition coefficient (Wildman–Crippen LogP) is 2.34. The summed E-state index contributed by atoms with van der Waals surface area (Å²) in [5.41, 5.74) is 5.95. The minimum atomic E-state index is -3.43. The Balaban J connectivity index is 2.27. The van der Waals surface area contributed by atoms with Crippen molar-refractivity contribution in [2.45, 2.75) is 24.7 Å². The van der Waals surface area contributed by atoms with Gasteiger partial charge in [-0.15, -0.1) is 0 Å². The number of nitrogens with two attached hydrogens (primary N) is 1. The van der Waals surface area contributed by atoms with E-state index >= 15 is 0 Å². The van der Waals surface area contributed by atoms with Gasteiger partial charge in [-0.2, -0.15) is 4.31 Å². The Morgan fingerprint density at radius 1 is 1.33 bits per heavy atom. The summed E-state index contributed by atoms with van der Waals surface area (Å²) in [6, 6.07) is 4.46. The Morgan fingerprint density at radius 3 is 2.50 bits per heavy atom. The Bertz CT molecular complexity index is 537. The van der Waals surface area contributed by atoms with Gasteiger partial charge < -0.3 is 5.73 Å². The smallest absolute Gasteiger partial charge is 0.243 e. The molecule has 1 aliphatic rings. The SMILES string of the molecule is CC1CCN(S(=O)(=O)c2ccc(Cl)c(N)c2)CC1. The number of nitrogens with zero attached hydrogens (tertiary/aromatic N) is 1. The first-order valence-corrected chi connectivity index (χ1v) is 7.78. The van der Waals surface area contributed by atoms with E-state index in [4.69, 9.17) is 17.3 Å². The van der Waals surface area contributed by atoms with Crippen LogP contribution in [0.2, 0.25) is 5.02 Å². The van der Waals surface area contributed by atoms with Crippen molar-refractivity contribution < 1.29 is 8.42 Å². The van der Waals surface area contributed by atoms with Crippen LogP contribution in [0.5, 0.6) is 0 Å². The number of nitrogen functional groups attached to an aromatic ring is 1. The van der Waals surface area contributed by atoms with E-state index in [9.17, 15) is 8.42 Å². The Morgan fingerprint density at radius 2 is 1.94 bits per heavy atom. The van der Waals surface area contributed by atoms with E-state index in [0.717, 1.165) is 12.8 Å². The quantitative estimate of drug-likeness (QED) is 0.850. The average Bonchev–Trinajstić information content (AvgIpc) is 2.33. The fourth-order valence-corrected chi connectivity index (χ4v) is 3.68. The van der Waals surface area contributed by atoms with E-state index in [2.05, 4.69) is 6.92 Å². The Labute approximate surface area is 113 Å². The molecule has 1 aromatic rings. The van der Waals surface area contributed by atoms with E-state index in [1.54, 1.807) is 0 Å². The van der Waals surface area contributed by atoms with Gasteiger partial charge in [0.25, 0.3) is 0 Å². The highest BCUT2D eigenvalue weighted by Crippen LogP contribution is 2.27. The molecule has 0 spiro atoms. The molecule has 0 unspecified atom stereocenters. The molecule has 0 aromatic heterocycles. The lowest BCUT2D eigenvalue weighted by atomic mass is 10.0. The third kappa shape index (κ3) is 2.63. The summed E-state index contributed by atoms with van der Waals surface area (Å²) in [6.07, 6.45) is 1.81. The fourth-order valence-electron chi connectivity index (χ4n) is 2.06. The lowest BCUT2D eigenvalue weighted by molar-refractivity contribution is 0.288. The van der Waals surface area contributed by atoms with E-state index in [-0.39, 0.29) is 4.90 Å². The molecule has 0 bridgehead atoms. The van der Waals surface area contributed by atoms with Gasteiger partial charge in [-0.1, -0.05) is 18.5 Å². The number of piperidine rings is 1. The first kappa shape index (κ1) is 13.6. The summed E-state index contributed by atoms with van der Waals surface area (Å²) in [5.74, 6) is 0.590. The van der Waals surface area contributed by atoms with Crippen LogP contribution >= 0.6 is 11.6 Å². The standard InChI is InChI=1S/C12H17ClN2O2S/c1-9-4-6-15(7-5-9)18(16,17)10-2-3-11(13)12(14)8-10/h2-3,8-9H,4-7,14H2,1H3. The largest absolute Gasteiger partial charge is 0.397 e. The molecule has 2 N–H and O–H groups in total. The second kappa shape index (κ2) is 5.07. The van der Waals surface area contributed by atoms with Gasteiger partial charge in [-0.05, 0) is 37.0 Å². The van der Waals surface area contributed by atoms with Crippen LogP contribution in [-0.2, 0) is 10.0 Å². The molecule has 1 saturated heterocycles. The molecule has 18 heavy (non-hydrogen) atoms. The van der Waals surface area contributed by atoms with Gasteiger partial charge in [0.05, 0.1) is 15.6 Å². The Hall–Kier alpha value is -0.780. The zero-order valence-corrected chi connectivity index (χ0v) is 11.8. The topological polar surface area (TPSA) is 63.4 Å². The van der Waals surface area contributed by atoms with Gasteiger partial charge in [0, 0.05) is 13.1 Å². The molecule has 0 aliphatic carbocycles. The van der Waals surface area contributed by atoms with Gasteiger partial charge in [-0.3, -0.25) is 0 Å². The summed E-state index contributed by atoms with van der Waals surface area (Å²) in [5, 5.41) is 0.376. The van der Waals surface area contributed by atoms with Gasteiger partial charge in [0.2, 0.25) is 10.0 Å². The maximum atomic E-state index is 12.4. The van der Waals surface area contributed by atoms with Crippen LogP contribution in [0.15, 0.2) is 23.1 Å². The molecule has 100 valence electrons. The van der Waals surface area contributed by atoms with Crippen LogP contribution < -0.4 is 5.73 Å². The molecule has 0 atom stereocenters. The van der Waals surface area contributed by atoms with E-state index in [1.165, 1.54) is 22.5 Å². The molecular weight excluding hydrogens is 272 g/mol. The molecule has 0 radical (unpaired) electrons. The lowest BCUT2D eigenvalue weighted by Gasteiger charge is -2.29. The summed E-state index contributed by atoms with van der Waals surface area (Å²) < 4.78 is 26.3. The minimum Gasteiger partial charge on any atom is -0.397 e. The van der Waals surface area contributed by atoms with Crippen LogP contribution in [0.25, 0.3) is 0 Å². The van der Waals surface area contributed by atoms with Crippen LogP contribution in [0.4, 0.5) is 5.69 Å². The van der Waals surface area contributed by atoms with Crippen molar-refractivity contribution in [3.8, 4) is 0 Å². The van der Waals surface area contributed by atoms with Crippen molar-refractivity contribution in [3.63, 3.8) is 0 Å². The normalized spacial score (nSPS) is 19.0. The molecule has 1 fully saturated rings. The third-order valence-corrected chi connectivity index (χ3v) is 5.59. The number of hydrogen-bond acceptors (Lipinski definition) is 3. The van der Waals surface area contributed by atoms with Crippen LogP contribution in [0.3, 0.4) is 0 Å². The van der Waals surface area contributed by atoms with Gasteiger partial charge in [0.1, 0.15) is 0 Å². The van der Waals surface area contributed by atoms with Crippen molar-refractivity contribution in [2.75, 3.05) is 18.8 Å². The molecule has 2 rings (SSSR count). The summed E-state index contributed by atoms with van der Waals surface area (Å²) in [4.78, 5) is 0.221. The van der Waals surface area contributed by atoms with Crippen molar-refractivity contribution in [1.29, 1.82) is 0 Å². The van der Waals surface area contributed by atoms with E-state index in [1.807, 2.05) is 0 Å². The Kier molecular flexibility index (Phi) is 3.84. The first-order chi connectivity index (χ1) is 8.41. The molecule has 6 heteroatoms. The van der Waals surface area contributed by atoms with Gasteiger partial charge in [-0.25, -0.2) is 8.42 Å². The second-order valence-electron chi connectivity index (χ2n) is 4.77. The monoisotopic (exact) mass is 288 g/mol. The van der Waals surface area contributed by atoms with Crippen molar-refractivity contribution in [3.05, 3.63) is 23.2 Å². The highest BCUT2D eigenvalue weighted by molar-refractivity contribution is 7.89. The molecule has 4 nitrogen and oxygen atoms in total. The molecular formula is C12H17ClN2O2S. The molecule has 0 amide bonds. The number of halogens is 1. The zero-order chi connectivity index (χ0) is 13.3. The highest BCUT2D eigenvalue weighted by atomic mass is 35.5.